The first-order valence-electron chi connectivity index (χ1n) is 7.37. The van der Waals surface area contributed by atoms with Crippen LogP contribution in [0, 0.1) is 0 Å². The molecular weight excluding hydrogens is 280 g/mol. The molecule has 0 fully saturated rings. The van der Waals surface area contributed by atoms with E-state index in [4.69, 9.17) is 9.26 Å². The van der Waals surface area contributed by atoms with E-state index in [0.717, 1.165) is 12.2 Å². The van der Waals surface area contributed by atoms with E-state index < -0.39 is 0 Å². The maximum atomic E-state index is 11.9. The van der Waals surface area contributed by atoms with Crippen molar-refractivity contribution in [2.24, 2.45) is 0 Å². The average Bonchev–Trinajstić information content (AvgIpc) is 2.94. The molecule has 1 N–H and O–H groups in total. The monoisotopic (exact) mass is 302 g/mol. The lowest BCUT2D eigenvalue weighted by atomic mass is 9.93. The van der Waals surface area contributed by atoms with Crippen molar-refractivity contribution < 1.29 is 14.1 Å². The number of aryl methyl sites for hydroxylation is 1. The second-order valence-electron chi connectivity index (χ2n) is 6.16. The fraction of sp³-hybridized carbons (Fsp3) is 0.412. The minimum Gasteiger partial charge on any atom is -0.484 e. The number of nitrogens with one attached hydrogen (secondary N) is 1. The minimum atomic E-state index is -0.270. The first-order valence-corrected chi connectivity index (χ1v) is 7.37. The number of carbonyl (C=O) groups is 1. The summed E-state index contributed by atoms with van der Waals surface area (Å²) in [7, 11) is 0. The van der Waals surface area contributed by atoms with Crippen LogP contribution in [0.4, 0.5) is 5.82 Å². The van der Waals surface area contributed by atoms with Crippen LogP contribution in [0.15, 0.2) is 34.9 Å². The smallest absolute Gasteiger partial charge is 0.263 e. The van der Waals surface area contributed by atoms with Gasteiger partial charge in [0.15, 0.2) is 12.4 Å². The van der Waals surface area contributed by atoms with Gasteiger partial charge in [-0.15, -0.1) is 0 Å². The fourth-order valence-corrected chi connectivity index (χ4v) is 1.84. The number of nitrogens with zero attached hydrogens (tertiary/aromatic N) is 1. The number of hydrogen-bond donors (Lipinski definition) is 1. The quantitative estimate of drug-likeness (QED) is 0.917. The average molecular weight is 302 g/mol. The highest BCUT2D eigenvalue weighted by Gasteiger charge is 2.20. The molecule has 0 atom stereocenters. The van der Waals surface area contributed by atoms with Crippen molar-refractivity contribution in [1.29, 1.82) is 0 Å². The molecule has 22 heavy (non-hydrogen) atoms. The van der Waals surface area contributed by atoms with Crippen molar-refractivity contribution >= 4 is 11.7 Å². The zero-order valence-corrected chi connectivity index (χ0v) is 13.5. The molecule has 2 aromatic rings. The van der Waals surface area contributed by atoms with Crippen LogP contribution in [-0.4, -0.2) is 17.7 Å². The Morgan fingerprint density at radius 1 is 1.27 bits per heavy atom. The molecule has 1 aromatic carbocycles. The van der Waals surface area contributed by atoms with Crippen molar-refractivity contribution in [1.82, 2.24) is 5.16 Å². The number of aromatic nitrogens is 1. The summed E-state index contributed by atoms with van der Waals surface area (Å²) in [5.41, 5.74) is 1.09. The van der Waals surface area contributed by atoms with Gasteiger partial charge in [0.05, 0.1) is 0 Å². The first-order chi connectivity index (χ1) is 10.4. The van der Waals surface area contributed by atoms with E-state index in [0.29, 0.717) is 11.6 Å². The van der Waals surface area contributed by atoms with Gasteiger partial charge >= 0.3 is 0 Å². The number of benzene rings is 1. The lowest BCUT2D eigenvalue weighted by Crippen LogP contribution is -2.20. The number of rotatable bonds is 5. The van der Waals surface area contributed by atoms with Gasteiger partial charge in [-0.25, -0.2) is 0 Å². The minimum absolute atomic E-state index is 0.0663. The molecule has 118 valence electrons. The van der Waals surface area contributed by atoms with Gasteiger partial charge in [-0.1, -0.05) is 45.0 Å². The number of anilines is 1. The first kappa shape index (κ1) is 16.1. The molecule has 0 bridgehead atoms. The molecule has 0 radical (unpaired) electrons. The molecule has 0 saturated heterocycles. The van der Waals surface area contributed by atoms with E-state index in [1.165, 1.54) is 5.56 Å². The van der Waals surface area contributed by atoms with Crippen molar-refractivity contribution in [3.8, 4) is 5.75 Å². The normalized spacial score (nSPS) is 11.3. The molecule has 1 amide bonds. The largest absolute Gasteiger partial charge is 0.484 e. The van der Waals surface area contributed by atoms with E-state index in [9.17, 15) is 4.79 Å². The highest BCUT2D eigenvalue weighted by Crippen LogP contribution is 2.24. The van der Waals surface area contributed by atoms with E-state index in [-0.39, 0.29) is 17.9 Å². The second-order valence-corrected chi connectivity index (χ2v) is 6.16. The van der Waals surface area contributed by atoms with Crippen LogP contribution < -0.4 is 10.1 Å². The van der Waals surface area contributed by atoms with Gasteiger partial charge in [-0.3, -0.25) is 4.79 Å². The molecule has 0 saturated carbocycles. The third-order valence-electron chi connectivity index (χ3n) is 3.22. The predicted molar refractivity (Wildman–Crippen MR) is 85.1 cm³/mol. The summed E-state index contributed by atoms with van der Waals surface area (Å²) >= 11 is 0. The topological polar surface area (TPSA) is 64.4 Å². The number of amides is 1. The summed E-state index contributed by atoms with van der Waals surface area (Å²) in [4.78, 5) is 11.9. The van der Waals surface area contributed by atoms with Crippen LogP contribution in [0.1, 0.15) is 39.0 Å². The summed E-state index contributed by atoms with van der Waals surface area (Å²) in [6.07, 6.45) is 0.975. The van der Waals surface area contributed by atoms with Crippen LogP contribution in [0.2, 0.25) is 0 Å². The van der Waals surface area contributed by atoms with Crippen LogP contribution in [0.5, 0.6) is 5.75 Å². The van der Waals surface area contributed by atoms with Crippen LogP contribution in [0.25, 0.3) is 0 Å². The Bertz CT molecular complexity index is 624. The third kappa shape index (κ3) is 4.35. The van der Waals surface area contributed by atoms with Gasteiger partial charge in [0, 0.05) is 11.5 Å². The van der Waals surface area contributed by atoms with Crippen molar-refractivity contribution in [2.75, 3.05) is 11.9 Å². The molecule has 0 aliphatic carbocycles. The molecule has 5 heteroatoms. The number of ether oxygens (including phenoxy) is 1. The molecule has 0 spiro atoms. The van der Waals surface area contributed by atoms with E-state index >= 15 is 0 Å². The van der Waals surface area contributed by atoms with Gasteiger partial charge in [-0.2, -0.15) is 0 Å². The van der Waals surface area contributed by atoms with Gasteiger partial charge in [0.1, 0.15) is 11.5 Å². The van der Waals surface area contributed by atoms with Crippen LogP contribution >= 0.6 is 0 Å². The van der Waals surface area contributed by atoms with E-state index in [2.05, 4.69) is 17.4 Å². The molecule has 2 rings (SSSR count). The second kappa shape index (κ2) is 6.64. The summed E-state index contributed by atoms with van der Waals surface area (Å²) in [6, 6.07) is 9.43. The number of hydrogen-bond acceptors (Lipinski definition) is 4. The van der Waals surface area contributed by atoms with Crippen molar-refractivity contribution in [3.05, 3.63) is 41.7 Å². The molecule has 0 unspecified atom stereocenters. The molecule has 5 nitrogen and oxygen atoms in total. The maximum absolute atomic E-state index is 11.9. The molecule has 0 aliphatic rings. The Morgan fingerprint density at radius 3 is 2.50 bits per heavy atom. The summed E-state index contributed by atoms with van der Waals surface area (Å²) in [5, 5.41) is 6.50. The van der Waals surface area contributed by atoms with Gasteiger partial charge < -0.3 is 14.6 Å². The van der Waals surface area contributed by atoms with Crippen molar-refractivity contribution in [2.45, 2.75) is 39.5 Å². The zero-order chi connectivity index (χ0) is 16.2. The Morgan fingerprint density at radius 2 is 1.95 bits per heavy atom. The van der Waals surface area contributed by atoms with Crippen LogP contribution in [-0.2, 0) is 16.6 Å². The summed E-state index contributed by atoms with van der Waals surface area (Å²) in [5.74, 6) is 1.52. The van der Waals surface area contributed by atoms with Gasteiger partial charge in [-0.05, 0) is 24.1 Å². The Kier molecular flexibility index (Phi) is 4.85. The maximum Gasteiger partial charge on any atom is 0.263 e. The van der Waals surface area contributed by atoms with Crippen LogP contribution in [0.3, 0.4) is 0 Å². The highest BCUT2D eigenvalue weighted by atomic mass is 16.5. The SMILES string of the molecule is CCc1ccc(OCC(=O)Nc2cc(C(C)(C)C)on2)cc1. The molecular formula is C17H22N2O3. The Hall–Kier alpha value is -2.30. The Balaban J connectivity index is 1.86. The number of carbonyl (C=O) groups excluding carboxylic acids is 1. The Labute approximate surface area is 130 Å². The van der Waals surface area contributed by atoms with E-state index in [1.807, 2.05) is 45.0 Å². The van der Waals surface area contributed by atoms with Gasteiger partial charge in [0.2, 0.25) is 0 Å². The third-order valence-corrected chi connectivity index (χ3v) is 3.22. The summed E-state index contributed by atoms with van der Waals surface area (Å²) in [6.45, 7) is 8.07. The zero-order valence-electron chi connectivity index (χ0n) is 13.5. The summed E-state index contributed by atoms with van der Waals surface area (Å²) < 4.78 is 10.7. The molecule has 1 heterocycles. The standard InChI is InChI=1S/C17H22N2O3/c1-5-12-6-8-13(9-7-12)21-11-16(20)18-15-10-14(22-19-15)17(2,3)4/h6-10H,5,11H2,1-4H3,(H,18,19,20). The predicted octanol–water partition coefficient (Wildman–Crippen LogP) is 3.55. The lowest BCUT2D eigenvalue weighted by molar-refractivity contribution is -0.118. The molecule has 1 aromatic heterocycles. The highest BCUT2D eigenvalue weighted by molar-refractivity contribution is 5.90. The lowest BCUT2D eigenvalue weighted by Gasteiger charge is -2.12. The molecule has 0 aliphatic heterocycles. The van der Waals surface area contributed by atoms with E-state index in [1.54, 1.807) is 6.07 Å². The fourth-order valence-electron chi connectivity index (χ4n) is 1.84. The van der Waals surface area contributed by atoms with Gasteiger partial charge in [0.25, 0.3) is 5.91 Å². The van der Waals surface area contributed by atoms with Crippen molar-refractivity contribution in [3.63, 3.8) is 0 Å².